The molecule has 37 heavy (non-hydrogen) atoms. The van der Waals surface area contributed by atoms with Crippen LogP contribution in [0.1, 0.15) is 35.6 Å². The maximum Gasteiger partial charge on any atom is 0.308 e. The van der Waals surface area contributed by atoms with Crippen molar-refractivity contribution in [2.24, 2.45) is 5.92 Å². The zero-order valence-corrected chi connectivity index (χ0v) is 22.9. The van der Waals surface area contributed by atoms with Crippen LogP contribution >= 0.6 is 39.0 Å². The summed E-state index contributed by atoms with van der Waals surface area (Å²) in [4.78, 5) is 61.6. The van der Waals surface area contributed by atoms with E-state index in [-0.39, 0.29) is 29.1 Å². The predicted molar refractivity (Wildman–Crippen MR) is 145 cm³/mol. The average molecular weight is 600 g/mol. The number of benzene rings is 1. The Morgan fingerprint density at radius 2 is 1.78 bits per heavy atom. The summed E-state index contributed by atoms with van der Waals surface area (Å²) in [7, 11) is 0. The van der Waals surface area contributed by atoms with Crippen LogP contribution in [0.2, 0.25) is 0 Å². The summed E-state index contributed by atoms with van der Waals surface area (Å²) in [6.45, 7) is 1.34. The molecule has 0 spiro atoms. The number of rotatable bonds is 4. The van der Waals surface area contributed by atoms with Crippen molar-refractivity contribution in [1.29, 1.82) is 0 Å². The third-order valence-electron chi connectivity index (χ3n) is 7.18. The van der Waals surface area contributed by atoms with Gasteiger partial charge in [-0.2, -0.15) is 0 Å². The Balaban J connectivity index is 1.42. The summed E-state index contributed by atoms with van der Waals surface area (Å²) < 4.78 is 2.35. The van der Waals surface area contributed by atoms with Gasteiger partial charge in [0.25, 0.3) is 0 Å². The summed E-state index contributed by atoms with van der Waals surface area (Å²) in [5.41, 5.74) is 1.28. The highest BCUT2D eigenvalue weighted by molar-refractivity contribution is 9.10. The number of anilines is 1. The lowest BCUT2D eigenvalue weighted by atomic mass is 9.84. The minimum atomic E-state index is -0.709. The molecule has 3 aliphatic rings. The van der Waals surface area contributed by atoms with Gasteiger partial charge in [-0.05, 0) is 55.2 Å². The van der Waals surface area contributed by atoms with E-state index in [1.807, 2.05) is 11.0 Å². The van der Waals surface area contributed by atoms with Gasteiger partial charge in [-0.15, -0.1) is 0 Å². The Hall–Kier alpha value is -2.76. The number of nitrogens with zero attached hydrogens (tertiary/aromatic N) is 4. The SMILES string of the molecule is O=C(Cn1c2c(sc1=O)[C@@H](c1cccnc1)[C@H]1C(=O)N(c3ccc(Br)cc3)C(=O)[C@H]1S2)N1CCCCC1. The van der Waals surface area contributed by atoms with Gasteiger partial charge in [0.05, 0.1) is 16.6 Å². The number of thiazole rings is 1. The fraction of sp³-hybridized carbons (Fsp3) is 0.346. The number of halogens is 1. The molecule has 1 aromatic carbocycles. The molecule has 8 nitrogen and oxygen atoms in total. The Labute approximate surface area is 229 Å². The summed E-state index contributed by atoms with van der Waals surface area (Å²) in [5, 5.41) is -0.103. The van der Waals surface area contributed by atoms with Crippen LogP contribution in [0.4, 0.5) is 5.69 Å². The second kappa shape index (κ2) is 9.85. The van der Waals surface area contributed by atoms with Crippen molar-refractivity contribution in [3.05, 3.63) is 73.4 Å². The van der Waals surface area contributed by atoms with Crippen LogP contribution in [0.15, 0.2) is 63.1 Å². The van der Waals surface area contributed by atoms with Gasteiger partial charge < -0.3 is 4.90 Å². The monoisotopic (exact) mass is 598 g/mol. The lowest BCUT2D eigenvalue weighted by molar-refractivity contribution is -0.133. The first-order valence-electron chi connectivity index (χ1n) is 12.2. The third kappa shape index (κ3) is 4.26. The van der Waals surface area contributed by atoms with E-state index in [0.717, 1.165) is 45.5 Å². The Morgan fingerprint density at radius 3 is 2.49 bits per heavy atom. The molecule has 190 valence electrons. The summed E-state index contributed by atoms with van der Waals surface area (Å²) in [6.07, 6.45) is 6.38. The topological polar surface area (TPSA) is 92.6 Å². The number of piperidine rings is 1. The fourth-order valence-electron chi connectivity index (χ4n) is 5.40. The van der Waals surface area contributed by atoms with E-state index in [1.165, 1.54) is 21.2 Å². The molecule has 0 radical (unpaired) electrons. The average Bonchev–Trinajstić information content (AvgIpc) is 3.36. The minimum absolute atomic E-state index is 0.0621. The van der Waals surface area contributed by atoms with Crippen molar-refractivity contribution >= 4 is 62.4 Å². The maximum absolute atomic E-state index is 13.8. The van der Waals surface area contributed by atoms with Crippen molar-refractivity contribution in [1.82, 2.24) is 14.5 Å². The number of likely N-dealkylation sites (tertiary alicyclic amines) is 1. The van der Waals surface area contributed by atoms with Gasteiger partial charge in [-0.3, -0.25) is 28.7 Å². The van der Waals surface area contributed by atoms with E-state index in [0.29, 0.717) is 23.8 Å². The van der Waals surface area contributed by atoms with Crippen LogP contribution in [0.5, 0.6) is 0 Å². The Kier molecular flexibility index (Phi) is 6.54. The highest BCUT2D eigenvalue weighted by Crippen LogP contribution is 2.53. The number of hydrogen-bond acceptors (Lipinski definition) is 7. The number of aromatic nitrogens is 2. The van der Waals surface area contributed by atoms with Gasteiger partial charge in [0, 0.05) is 40.8 Å². The minimum Gasteiger partial charge on any atom is -0.341 e. The summed E-state index contributed by atoms with van der Waals surface area (Å²) in [5.74, 6) is -1.87. The molecule has 2 saturated heterocycles. The Morgan fingerprint density at radius 1 is 1.03 bits per heavy atom. The van der Waals surface area contributed by atoms with Crippen molar-refractivity contribution in [2.75, 3.05) is 18.0 Å². The van der Waals surface area contributed by atoms with Crippen LogP contribution in [-0.2, 0) is 20.9 Å². The molecule has 0 saturated carbocycles. The molecular weight excluding hydrogens is 576 g/mol. The van der Waals surface area contributed by atoms with Crippen LogP contribution in [0, 0.1) is 5.92 Å². The lowest BCUT2D eigenvalue weighted by Gasteiger charge is -2.31. The predicted octanol–water partition coefficient (Wildman–Crippen LogP) is 3.88. The number of fused-ring (bicyclic) bond motifs is 2. The van der Waals surface area contributed by atoms with Crippen LogP contribution in [0.25, 0.3) is 0 Å². The normalized spacial score (nSPS) is 23.2. The second-order valence-corrected chi connectivity index (χ2v) is 12.4. The van der Waals surface area contributed by atoms with Gasteiger partial charge >= 0.3 is 4.87 Å². The molecule has 3 aromatic rings. The number of imide groups is 1. The third-order valence-corrected chi connectivity index (χ3v) is 10.3. The molecule has 5 heterocycles. The highest BCUT2D eigenvalue weighted by Gasteiger charge is 2.56. The highest BCUT2D eigenvalue weighted by atomic mass is 79.9. The van der Waals surface area contributed by atoms with Crippen LogP contribution in [0.3, 0.4) is 0 Å². The molecular formula is C26H23BrN4O4S2. The van der Waals surface area contributed by atoms with E-state index < -0.39 is 17.1 Å². The molecule has 3 atom stereocenters. The molecule has 2 fully saturated rings. The lowest BCUT2D eigenvalue weighted by Crippen LogP contribution is -2.39. The Bertz CT molecular complexity index is 1430. The first-order chi connectivity index (χ1) is 17.9. The fourth-order valence-corrected chi connectivity index (χ4v) is 8.44. The van der Waals surface area contributed by atoms with E-state index in [2.05, 4.69) is 20.9 Å². The van der Waals surface area contributed by atoms with Crippen molar-refractivity contribution in [3.8, 4) is 0 Å². The zero-order valence-electron chi connectivity index (χ0n) is 19.7. The number of carbonyl (C=O) groups is 3. The van der Waals surface area contributed by atoms with E-state index >= 15 is 0 Å². The van der Waals surface area contributed by atoms with Gasteiger partial charge in [0.15, 0.2) is 0 Å². The van der Waals surface area contributed by atoms with Crippen molar-refractivity contribution < 1.29 is 14.4 Å². The molecule has 0 aliphatic carbocycles. The molecule has 3 amide bonds. The molecule has 6 rings (SSSR count). The standard InChI is InChI=1S/C26H23BrN4O4S2/c27-16-6-8-17(9-7-16)31-23(33)20-19(15-5-4-10-28-13-15)22-25(36-21(20)24(31)34)30(26(35)37-22)14-18(32)29-11-2-1-3-12-29/h4-10,13,19-21H,1-3,11-12,14H2/t19-,20+,21-/m0/s1. The van der Waals surface area contributed by atoms with Gasteiger partial charge in [0.2, 0.25) is 17.7 Å². The van der Waals surface area contributed by atoms with Crippen LogP contribution < -0.4 is 9.77 Å². The van der Waals surface area contributed by atoms with E-state index in [4.69, 9.17) is 0 Å². The zero-order chi connectivity index (χ0) is 25.7. The number of thioether (sulfide) groups is 1. The quantitative estimate of drug-likeness (QED) is 0.423. The number of amides is 3. The maximum atomic E-state index is 13.8. The number of pyridine rings is 1. The smallest absolute Gasteiger partial charge is 0.308 e. The molecule has 3 aliphatic heterocycles. The summed E-state index contributed by atoms with van der Waals surface area (Å²) >= 11 is 5.70. The van der Waals surface area contributed by atoms with Crippen molar-refractivity contribution in [3.63, 3.8) is 0 Å². The van der Waals surface area contributed by atoms with E-state index in [1.54, 1.807) is 42.7 Å². The number of hydrogen-bond donors (Lipinski definition) is 0. The van der Waals surface area contributed by atoms with Crippen LogP contribution in [-0.4, -0.2) is 50.5 Å². The molecule has 0 bridgehead atoms. The first kappa shape index (κ1) is 24.6. The summed E-state index contributed by atoms with van der Waals surface area (Å²) in [6, 6.07) is 10.7. The molecule has 11 heteroatoms. The van der Waals surface area contributed by atoms with Gasteiger partial charge in [0.1, 0.15) is 11.8 Å². The molecule has 2 aromatic heterocycles. The van der Waals surface area contributed by atoms with Gasteiger partial charge in [-0.25, -0.2) is 4.90 Å². The number of carbonyl (C=O) groups excluding carboxylic acids is 3. The van der Waals surface area contributed by atoms with Crippen molar-refractivity contribution in [2.45, 2.75) is 42.0 Å². The second-order valence-electron chi connectivity index (χ2n) is 9.38. The molecule has 0 unspecified atom stereocenters. The van der Waals surface area contributed by atoms with Gasteiger partial charge in [-0.1, -0.05) is 45.1 Å². The largest absolute Gasteiger partial charge is 0.341 e. The first-order valence-corrected chi connectivity index (χ1v) is 14.6. The van der Waals surface area contributed by atoms with E-state index in [9.17, 15) is 19.2 Å². The molecule has 0 N–H and O–H groups in total.